The Balaban J connectivity index is 1.81. The Morgan fingerprint density at radius 1 is 1.07 bits per heavy atom. The SMILES string of the molecule is Cc1nn(-c2ccc(F)cc2F)c(C)c1C(=O)NCc1ccc(F)c(CN(C)C)c1. The Morgan fingerprint density at radius 2 is 1.80 bits per heavy atom. The van der Waals surface area contributed by atoms with E-state index in [9.17, 15) is 18.0 Å². The maximum atomic E-state index is 14.2. The van der Waals surface area contributed by atoms with Gasteiger partial charge >= 0.3 is 0 Å². The van der Waals surface area contributed by atoms with E-state index in [-0.39, 0.29) is 24.0 Å². The first-order valence-electron chi connectivity index (χ1n) is 9.39. The summed E-state index contributed by atoms with van der Waals surface area (Å²) in [4.78, 5) is 14.6. The molecule has 0 saturated heterocycles. The van der Waals surface area contributed by atoms with Gasteiger partial charge in [0.25, 0.3) is 5.91 Å². The van der Waals surface area contributed by atoms with Gasteiger partial charge in [-0.15, -0.1) is 0 Å². The molecule has 1 amide bonds. The van der Waals surface area contributed by atoms with Crippen molar-refractivity contribution in [3.8, 4) is 5.69 Å². The van der Waals surface area contributed by atoms with Crippen molar-refractivity contribution < 1.29 is 18.0 Å². The molecule has 0 saturated carbocycles. The quantitative estimate of drug-likeness (QED) is 0.663. The van der Waals surface area contributed by atoms with Crippen molar-refractivity contribution in [2.45, 2.75) is 26.9 Å². The summed E-state index contributed by atoms with van der Waals surface area (Å²) in [5, 5.41) is 7.05. The van der Waals surface area contributed by atoms with E-state index in [0.717, 1.165) is 17.7 Å². The van der Waals surface area contributed by atoms with E-state index < -0.39 is 11.6 Å². The number of nitrogens with one attached hydrogen (secondary N) is 1. The lowest BCUT2D eigenvalue weighted by Gasteiger charge is -2.12. The average molecular weight is 416 g/mol. The van der Waals surface area contributed by atoms with Crippen LogP contribution in [0.25, 0.3) is 5.69 Å². The number of carbonyl (C=O) groups excluding carboxylic acids is 1. The highest BCUT2D eigenvalue weighted by molar-refractivity contribution is 5.96. The van der Waals surface area contributed by atoms with Crippen molar-refractivity contribution >= 4 is 5.91 Å². The molecular formula is C22H23F3N4O. The molecule has 30 heavy (non-hydrogen) atoms. The Hall–Kier alpha value is -3.13. The molecule has 2 aromatic carbocycles. The van der Waals surface area contributed by atoms with Crippen molar-refractivity contribution in [3.63, 3.8) is 0 Å². The fourth-order valence-corrected chi connectivity index (χ4v) is 3.33. The number of hydrogen-bond donors (Lipinski definition) is 1. The fraction of sp³-hybridized carbons (Fsp3) is 0.273. The predicted molar refractivity (Wildman–Crippen MR) is 108 cm³/mol. The second-order valence-corrected chi connectivity index (χ2v) is 7.40. The van der Waals surface area contributed by atoms with Crippen molar-refractivity contribution in [1.82, 2.24) is 20.0 Å². The molecule has 0 unspecified atom stereocenters. The lowest BCUT2D eigenvalue weighted by molar-refractivity contribution is 0.0949. The van der Waals surface area contributed by atoms with Gasteiger partial charge in [0, 0.05) is 24.7 Å². The van der Waals surface area contributed by atoms with Crippen molar-refractivity contribution in [2.24, 2.45) is 0 Å². The van der Waals surface area contributed by atoms with Gasteiger partial charge in [-0.3, -0.25) is 4.79 Å². The lowest BCUT2D eigenvalue weighted by Crippen LogP contribution is -2.24. The Morgan fingerprint density at radius 3 is 2.47 bits per heavy atom. The van der Waals surface area contributed by atoms with Crippen LogP contribution in [0.3, 0.4) is 0 Å². The number of benzene rings is 2. The second-order valence-electron chi connectivity index (χ2n) is 7.40. The van der Waals surface area contributed by atoms with Gasteiger partial charge in [0.05, 0.1) is 17.0 Å². The lowest BCUT2D eigenvalue weighted by atomic mass is 10.1. The third kappa shape index (κ3) is 4.54. The van der Waals surface area contributed by atoms with Gasteiger partial charge in [-0.25, -0.2) is 17.9 Å². The highest BCUT2D eigenvalue weighted by Gasteiger charge is 2.21. The predicted octanol–water partition coefficient (Wildman–Crippen LogP) is 3.90. The summed E-state index contributed by atoms with van der Waals surface area (Å²) in [5.41, 5.74) is 2.52. The largest absolute Gasteiger partial charge is 0.348 e. The van der Waals surface area contributed by atoms with Gasteiger partial charge in [-0.2, -0.15) is 5.10 Å². The van der Waals surface area contributed by atoms with Crippen LogP contribution in [0.2, 0.25) is 0 Å². The van der Waals surface area contributed by atoms with Crippen LogP contribution in [0.4, 0.5) is 13.2 Å². The van der Waals surface area contributed by atoms with Crippen LogP contribution in [-0.2, 0) is 13.1 Å². The zero-order valence-corrected chi connectivity index (χ0v) is 17.3. The third-order valence-electron chi connectivity index (χ3n) is 4.71. The summed E-state index contributed by atoms with van der Waals surface area (Å²) in [5.74, 6) is -2.14. The molecule has 8 heteroatoms. The summed E-state index contributed by atoms with van der Waals surface area (Å²) in [6, 6.07) is 7.89. The van der Waals surface area contributed by atoms with E-state index in [1.807, 2.05) is 19.0 Å². The minimum atomic E-state index is -0.771. The van der Waals surface area contributed by atoms with E-state index in [4.69, 9.17) is 0 Å². The highest BCUT2D eigenvalue weighted by atomic mass is 19.1. The van der Waals surface area contributed by atoms with Crippen molar-refractivity contribution in [3.05, 3.63) is 81.9 Å². The minimum absolute atomic E-state index is 0.0583. The molecule has 0 atom stereocenters. The molecule has 0 fully saturated rings. The van der Waals surface area contributed by atoms with E-state index in [2.05, 4.69) is 10.4 Å². The molecule has 1 aromatic heterocycles. The molecular weight excluding hydrogens is 393 g/mol. The first kappa shape index (κ1) is 21.6. The van der Waals surface area contributed by atoms with Crippen molar-refractivity contribution in [2.75, 3.05) is 14.1 Å². The molecule has 3 rings (SSSR count). The average Bonchev–Trinajstić information content (AvgIpc) is 2.96. The molecule has 0 bridgehead atoms. The number of hydrogen-bond acceptors (Lipinski definition) is 3. The Kier molecular flexibility index (Phi) is 6.26. The number of aryl methyl sites for hydroxylation is 1. The van der Waals surface area contributed by atoms with Gasteiger partial charge in [-0.05, 0) is 57.8 Å². The standard InChI is InChI=1S/C22H23F3N4O/c1-13-21(14(2)29(27-13)20-8-6-17(23)10-19(20)25)22(30)26-11-15-5-7-18(24)16(9-15)12-28(3)4/h5-10H,11-12H2,1-4H3,(H,26,30). The van der Waals surface area contributed by atoms with Gasteiger partial charge in [0.1, 0.15) is 17.3 Å². The molecule has 1 N–H and O–H groups in total. The van der Waals surface area contributed by atoms with E-state index in [1.165, 1.54) is 16.8 Å². The summed E-state index contributed by atoms with van der Waals surface area (Å²) in [7, 11) is 3.70. The summed E-state index contributed by atoms with van der Waals surface area (Å²) >= 11 is 0. The van der Waals surface area contributed by atoms with Crippen LogP contribution in [0.5, 0.6) is 0 Å². The molecule has 3 aromatic rings. The smallest absolute Gasteiger partial charge is 0.255 e. The van der Waals surface area contributed by atoms with Gasteiger partial charge in [0.2, 0.25) is 0 Å². The first-order valence-corrected chi connectivity index (χ1v) is 9.39. The van der Waals surface area contributed by atoms with Crippen LogP contribution in [0.15, 0.2) is 36.4 Å². The fourth-order valence-electron chi connectivity index (χ4n) is 3.33. The van der Waals surface area contributed by atoms with Crippen LogP contribution in [0, 0.1) is 31.3 Å². The molecule has 1 heterocycles. The zero-order chi connectivity index (χ0) is 22.0. The molecule has 0 aliphatic heterocycles. The van der Waals surface area contributed by atoms with Crippen LogP contribution >= 0.6 is 0 Å². The third-order valence-corrected chi connectivity index (χ3v) is 4.71. The van der Waals surface area contributed by atoms with Gasteiger partial charge < -0.3 is 10.2 Å². The van der Waals surface area contributed by atoms with Crippen LogP contribution in [0.1, 0.15) is 32.9 Å². The number of amides is 1. The summed E-state index contributed by atoms with van der Waals surface area (Å²) in [6.45, 7) is 3.94. The Labute approximate surface area is 173 Å². The van der Waals surface area contributed by atoms with E-state index >= 15 is 0 Å². The normalized spacial score (nSPS) is 11.2. The second kappa shape index (κ2) is 8.71. The number of rotatable bonds is 6. The van der Waals surface area contributed by atoms with E-state index in [1.54, 1.807) is 26.0 Å². The molecule has 0 radical (unpaired) electrons. The zero-order valence-electron chi connectivity index (χ0n) is 17.3. The molecule has 158 valence electrons. The molecule has 0 spiro atoms. The number of carbonyl (C=O) groups is 1. The number of nitrogens with zero attached hydrogens (tertiary/aromatic N) is 3. The molecule has 0 aliphatic carbocycles. The van der Waals surface area contributed by atoms with Gasteiger partial charge in [0.15, 0.2) is 5.82 Å². The topological polar surface area (TPSA) is 50.2 Å². The van der Waals surface area contributed by atoms with Crippen LogP contribution < -0.4 is 5.32 Å². The monoisotopic (exact) mass is 416 g/mol. The summed E-state index contributed by atoms with van der Waals surface area (Å²) < 4.78 is 42.6. The maximum Gasteiger partial charge on any atom is 0.255 e. The maximum absolute atomic E-state index is 14.2. The summed E-state index contributed by atoms with van der Waals surface area (Å²) in [6.07, 6.45) is 0. The number of halogens is 3. The molecule has 0 aliphatic rings. The Bertz CT molecular complexity index is 1090. The number of aromatic nitrogens is 2. The first-order chi connectivity index (χ1) is 14.2. The van der Waals surface area contributed by atoms with Crippen molar-refractivity contribution in [1.29, 1.82) is 0 Å². The minimum Gasteiger partial charge on any atom is -0.348 e. The molecule has 5 nitrogen and oxygen atoms in total. The van der Waals surface area contributed by atoms with Crippen LogP contribution in [-0.4, -0.2) is 34.7 Å². The highest BCUT2D eigenvalue weighted by Crippen LogP contribution is 2.21. The van der Waals surface area contributed by atoms with E-state index in [0.29, 0.717) is 29.1 Å². The van der Waals surface area contributed by atoms with Gasteiger partial charge in [-0.1, -0.05) is 6.07 Å².